The highest BCUT2D eigenvalue weighted by atomic mass is 19.1. The zero-order valence-corrected chi connectivity index (χ0v) is 15.5. The normalized spacial score (nSPS) is 23.2. The highest BCUT2D eigenvalue weighted by Gasteiger charge is 2.41. The summed E-state index contributed by atoms with van der Waals surface area (Å²) in [7, 11) is 0. The summed E-state index contributed by atoms with van der Waals surface area (Å²) in [6.45, 7) is 4.83. The van der Waals surface area contributed by atoms with Gasteiger partial charge in [0.05, 0.1) is 32.8 Å². The van der Waals surface area contributed by atoms with Crippen molar-refractivity contribution >= 4 is 11.8 Å². The molecule has 0 radical (unpaired) electrons. The Balaban J connectivity index is 1.72. The van der Waals surface area contributed by atoms with Gasteiger partial charge < -0.3 is 24.0 Å². The molecule has 148 valence electrons. The van der Waals surface area contributed by atoms with E-state index in [9.17, 15) is 14.0 Å². The van der Waals surface area contributed by atoms with Crippen LogP contribution in [0.1, 0.15) is 13.3 Å². The number of hydrogen-bond acceptors (Lipinski definition) is 5. The Kier molecular flexibility index (Phi) is 6.28. The molecule has 0 aliphatic carbocycles. The average Bonchev–Trinajstić information content (AvgIpc) is 2.68. The van der Waals surface area contributed by atoms with E-state index < -0.39 is 5.60 Å². The third kappa shape index (κ3) is 5.17. The van der Waals surface area contributed by atoms with Crippen molar-refractivity contribution in [3.05, 3.63) is 30.1 Å². The molecular weight excluding hydrogens is 355 g/mol. The monoisotopic (exact) mass is 380 g/mol. The van der Waals surface area contributed by atoms with Gasteiger partial charge in [-0.2, -0.15) is 0 Å². The molecule has 0 spiro atoms. The largest absolute Gasteiger partial charge is 0.490 e. The quantitative estimate of drug-likeness (QED) is 0.765. The summed E-state index contributed by atoms with van der Waals surface area (Å²) in [6, 6.07) is 5.67. The molecule has 2 aliphatic heterocycles. The van der Waals surface area contributed by atoms with Gasteiger partial charge in [-0.1, -0.05) is 0 Å². The maximum Gasteiger partial charge on any atom is 0.225 e. The highest BCUT2D eigenvalue weighted by molar-refractivity contribution is 5.78. The maximum atomic E-state index is 13.1. The number of nitrogens with zero attached hydrogens (tertiary/aromatic N) is 2. The summed E-state index contributed by atoms with van der Waals surface area (Å²) >= 11 is 0. The first-order valence-electron chi connectivity index (χ1n) is 9.11. The lowest BCUT2D eigenvalue weighted by molar-refractivity contribution is -0.166. The molecule has 0 unspecified atom stereocenters. The number of amides is 2. The Morgan fingerprint density at radius 2 is 1.78 bits per heavy atom. The van der Waals surface area contributed by atoms with Crippen LogP contribution in [0.3, 0.4) is 0 Å². The van der Waals surface area contributed by atoms with E-state index in [1.165, 1.54) is 31.2 Å². The van der Waals surface area contributed by atoms with Crippen molar-refractivity contribution in [2.24, 2.45) is 0 Å². The molecule has 0 aromatic heterocycles. The number of carbonyl (C=O) groups excluding carboxylic acids is 2. The molecule has 7 nitrogen and oxygen atoms in total. The zero-order valence-electron chi connectivity index (χ0n) is 15.5. The van der Waals surface area contributed by atoms with E-state index in [1.807, 2.05) is 0 Å². The lowest BCUT2D eigenvalue weighted by atomic mass is 9.96. The Morgan fingerprint density at radius 3 is 2.44 bits per heavy atom. The van der Waals surface area contributed by atoms with Crippen LogP contribution in [0.15, 0.2) is 24.3 Å². The van der Waals surface area contributed by atoms with Crippen molar-refractivity contribution in [3.63, 3.8) is 0 Å². The molecule has 8 heteroatoms. The first-order valence-corrected chi connectivity index (χ1v) is 9.11. The SMILES string of the molecule is CC(=O)N1CCO[C@@](COc2ccc(F)cc2)(CC(=O)N2CCOCC2)C1. The number of hydrogen-bond donors (Lipinski definition) is 0. The van der Waals surface area contributed by atoms with E-state index in [0.717, 1.165) is 0 Å². The Hall–Kier alpha value is -2.19. The molecule has 0 bridgehead atoms. The Labute approximate surface area is 158 Å². The predicted octanol–water partition coefficient (Wildman–Crippen LogP) is 1.07. The third-order valence-electron chi connectivity index (χ3n) is 4.85. The average molecular weight is 380 g/mol. The smallest absolute Gasteiger partial charge is 0.225 e. The van der Waals surface area contributed by atoms with Crippen LogP contribution in [0.4, 0.5) is 4.39 Å². The second kappa shape index (κ2) is 8.67. The van der Waals surface area contributed by atoms with Crippen molar-refractivity contribution < 1.29 is 28.2 Å². The summed E-state index contributed by atoms with van der Waals surface area (Å²) < 4.78 is 30.2. The Bertz CT molecular complexity index is 663. The van der Waals surface area contributed by atoms with Crippen molar-refractivity contribution in [2.45, 2.75) is 18.9 Å². The minimum absolute atomic E-state index is 0.0496. The first-order chi connectivity index (χ1) is 13.0. The number of halogens is 1. The van der Waals surface area contributed by atoms with Crippen LogP contribution in [0, 0.1) is 5.82 Å². The predicted molar refractivity (Wildman–Crippen MR) is 94.8 cm³/mol. The summed E-state index contributed by atoms with van der Waals surface area (Å²) in [4.78, 5) is 28.1. The van der Waals surface area contributed by atoms with Gasteiger partial charge in [0.15, 0.2) is 0 Å². The van der Waals surface area contributed by atoms with Gasteiger partial charge >= 0.3 is 0 Å². The molecule has 1 atom stereocenters. The van der Waals surface area contributed by atoms with E-state index in [0.29, 0.717) is 45.2 Å². The number of benzene rings is 1. The molecular formula is C19H25FN2O5. The molecule has 3 rings (SSSR count). The van der Waals surface area contributed by atoms with Crippen molar-refractivity contribution in [3.8, 4) is 5.75 Å². The van der Waals surface area contributed by atoms with Crippen LogP contribution >= 0.6 is 0 Å². The van der Waals surface area contributed by atoms with Crippen LogP contribution in [0.25, 0.3) is 0 Å². The van der Waals surface area contributed by atoms with Crippen molar-refractivity contribution in [1.29, 1.82) is 0 Å². The van der Waals surface area contributed by atoms with Crippen molar-refractivity contribution in [2.75, 3.05) is 52.6 Å². The summed E-state index contributed by atoms with van der Waals surface area (Å²) in [5, 5.41) is 0. The number of carbonyl (C=O) groups is 2. The second-order valence-electron chi connectivity index (χ2n) is 6.88. The van der Waals surface area contributed by atoms with Crippen LogP contribution < -0.4 is 4.74 Å². The summed E-state index contributed by atoms with van der Waals surface area (Å²) in [5.41, 5.74) is -0.937. The third-order valence-corrected chi connectivity index (χ3v) is 4.85. The van der Waals surface area contributed by atoms with E-state index in [1.54, 1.807) is 9.80 Å². The molecule has 27 heavy (non-hydrogen) atoms. The number of ether oxygens (including phenoxy) is 3. The van der Waals surface area contributed by atoms with E-state index >= 15 is 0 Å². The van der Waals surface area contributed by atoms with E-state index in [4.69, 9.17) is 14.2 Å². The number of morpholine rings is 2. The molecule has 2 fully saturated rings. The van der Waals surface area contributed by atoms with Gasteiger partial charge in [-0.05, 0) is 24.3 Å². The fraction of sp³-hybridized carbons (Fsp3) is 0.579. The summed E-state index contributed by atoms with van der Waals surface area (Å²) in [6.07, 6.45) is 0.109. The van der Waals surface area contributed by atoms with Gasteiger partial charge in [0, 0.05) is 26.6 Å². The minimum Gasteiger partial charge on any atom is -0.490 e. The van der Waals surface area contributed by atoms with Crippen LogP contribution in [0.5, 0.6) is 5.75 Å². The van der Waals surface area contributed by atoms with E-state index in [2.05, 4.69) is 0 Å². The fourth-order valence-corrected chi connectivity index (χ4v) is 3.30. The topological polar surface area (TPSA) is 68.3 Å². The second-order valence-corrected chi connectivity index (χ2v) is 6.88. The van der Waals surface area contributed by atoms with Gasteiger partial charge in [-0.15, -0.1) is 0 Å². The lowest BCUT2D eigenvalue weighted by Gasteiger charge is -2.42. The van der Waals surface area contributed by atoms with Crippen molar-refractivity contribution in [1.82, 2.24) is 9.80 Å². The van der Waals surface area contributed by atoms with E-state index in [-0.39, 0.29) is 37.2 Å². The van der Waals surface area contributed by atoms with Crippen LogP contribution in [-0.4, -0.2) is 79.8 Å². The van der Waals surface area contributed by atoms with Gasteiger partial charge in [0.25, 0.3) is 0 Å². The highest BCUT2D eigenvalue weighted by Crippen LogP contribution is 2.26. The first kappa shape index (κ1) is 19.6. The molecule has 1 aromatic carbocycles. The molecule has 2 saturated heterocycles. The molecule has 2 amide bonds. The van der Waals surface area contributed by atoms with Crippen LogP contribution in [-0.2, 0) is 19.1 Å². The standard InChI is InChI=1S/C19H25FN2O5/c1-15(23)22-8-11-27-19(13-22,12-18(24)21-6-9-25-10-7-21)14-26-17-4-2-16(20)3-5-17/h2-5H,6-14H2,1H3/t19-/m0/s1. The maximum absolute atomic E-state index is 13.1. The fourth-order valence-electron chi connectivity index (χ4n) is 3.30. The summed E-state index contributed by atoms with van der Waals surface area (Å²) in [5.74, 6) is 0.0176. The van der Waals surface area contributed by atoms with Gasteiger partial charge in [-0.25, -0.2) is 4.39 Å². The van der Waals surface area contributed by atoms with Crippen LogP contribution in [0.2, 0.25) is 0 Å². The molecule has 2 aliphatic rings. The molecule has 1 aromatic rings. The zero-order chi connectivity index (χ0) is 19.3. The molecule has 0 N–H and O–H groups in total. The molecule has 2 heterocycles. The Morgan fingerprint density at radius 1 is 1.11 bits per heavy atom. The lowest BCUT2D eigenvalue weighted by Crippen LogP contribution is -2.58. The van der Waals surface area contributed by atoms with Gasteiger partial charge in [0.1, 0.15) is 23.8 Å². The number of rotatable bonds is 5. The van der Waals surface area contributed by atoms with Gasteiger partial charge in [0.2, 0.25) is 11.8 Å². The minimum atomic E-state index is -0.937. The molecule has 0 saturated carbocycles. The van der Waals surface area contributed by atoms with Gasteiger partial charge in [-0.3, -0.25) is 9.59 Å².